The van der Waals surface area contributed by atoms with Crippen molar-refractivity contribution >= 4 is 28.5 Å². The van der Waals surface area contributed by atoms with E-state index in [9.17, 15) is 5.11 Å². The topological polar surface area (TPSA) is 59.1 Å². The molecule has 5 rings (SSSR count). The van der Waals surface area contributed by atoms with Gasteiger partial charge in [0.25, 0.3) is 0 Å². The summed E-state index contributed by atoms with van der Waals surface area (Å²) in [7, 11) is 1.53. The molecule has 0 saturated heterocycles. The van der Waals surface area contributed by atoms with Gasteiger partial charge in [0, 0.05) is 23.5 Å². The average Bonchev–Trinajstić information content (AvgIpc) is 3.16. The number of phenolic OH excluding ortho intramolecular Hbond substituents is 1. The monoisotopic (exact) mass is 393 g/mol. The van der Waals surface area contributed by atoms with E-state index in [0.717, 1.165) is 22.2 Å². The van der Waals surface area contributed by atoms with E-state index in [1.165, 1.54) is 12.5 Å². The first-order valence-electron chi connectivity index (χ1n) is 9.61. The Morgan fingerprint density at radius 3 is 2.67 bits per heavy atom. The fourth-order valence-corrected chi connectivity index (χ4v) is 3.63. The molecular formula is C25H19N3O2. The molecule has 0 unspecified atom stereocenters. The van der Waals surface area contributed by atoms with Crippen molar-refractivity contribution in [1.29, 1.82) is 0 Å². The van der Waals surface area contributed by atoms with E-state index in [0.29, 0.717) is 17.3 Å². The predicted octanol–water partition coefficient (Wildman–Crippen LogP) is 5.62. The van der Waals surface area contributed by atoms with Gasteiger partial charge in [0.05, 0.1) is 7.11 Å². The van der Waals surface area contributed by atoms with E-state index in [4.69, 9.17) is 14.7 Å². The highest BCUT2D eigenvalue weighted by molar-refractivity contribution is 6.00. The molecule has 0 atom stereocenters. The molecule has 2 heterocycles. The second-order valence-electron chi connectivity index (χ2n) is 6.93. The Morgan fingerprint density at radius 1 is 0.967 bits per heavy atom. The van der Waals surface area contributed by atoms with Gasteiger partial charge < -0.3 is 9.84 Å². The number of phenols is 1. The largest absolute Gasteiger partial charge is 0.504 e. The summed E-state index contributed by atoms with van der Waals surface area (Å²) in [4.78, 5) is 9.58. The maximum absolute atomic E-state index is 10.2. The van der Waals surface area contributed by atoms with Crippen LogP contribution >= 0.6 is 0 Å². The van der Waals surface area contributed by atoms with Crippen LogP contribution in [0.4, 0.5) is 5.82 Å². The third-order valence-corrected chi connectivity index (χ3v) is 5.11. The summed E-state index contributed by atoms with van der Waals surface area (Å²) in [5, 5.41) is 12.6. The summed E-state index contributed by atoms with van der Waals surface area (Å²) in [5.41, 5.74) is 3.27. The number of benzene rings is 3. The Balaban J connectivity index is 1.67. The second kappa shape index (κ2) is 7.37. The Kier molecular flexibility index (Phi) is 4.41. The summed E-state index contributed by atoms with van der Waals surface area (Å²) in [6.07, 6.45) is 3.80. The molecule has 0 fully saturated rings. The number of hydrogen-bond acceptors (Lipinski definition) is 4. The minimum Gasteiger partial charge on any atom is -0.504 e. The standard InChI is InChI=1S/C25H19N3O2/c1-30-22-13-12-18(15-21(22)29)24-25(28-14-5-4-11-23(28)27-24)26-16-19-9-6-8-17-7-2-3-10-20(17)19/h2-16,29H,1H3. The van der Waals surface area contributed by atoms with Crippen molar-refractivity contribution in [3.8, 4) is 22.8 Å². The molecule has 0 amide bonds. The first-order valence-corrected chi connectivity index (χ1v) is 9.61. The minimum atomic E-state index is 0.0658. The first-order chi connectivity index (χ1) is 14.7. The molecule has 5 nitrogen and oxygen atoms in total. The van der Waals surface area contributed by atoms with Gasteiger partial charge in [-0.3, -0.25) is 4.40 Å². The summed E-state index contributed by atoms with van der Waals surface area (Å²) < 4.78 is 7.11. The summed E-state index contributed by atoms with van der Waals surface area (Å²) in [6.45, 7) is 0. The zero-order valence-electron chi connectivity index (χ0n) is 16.4. The minimum absolute atomic E-state index is 0.0658. The lowest BCUT2D eigenvalue weighted by Crippen LogP contribution is -1.87. The van der Waals surface area contributed by atoms with Gasteiger partial charge in [-0.2, -0.15) is 0 Å². The molecule has 1 N–H and O–H groups in total. The van der Waals surface area contributed by atoms with E-state index in [-0.39, 0.29) is 5.75 Å². The van der Waals surface area contributed by atoms with E-state index < -0.39 is 0 Å². The van der Waals surface area contributed by atoms with Crippen LogP contribution < -0.4 is 4.74 Å². The number of rotatable bonds is 4. The molecule has 30 heavy (non-hydrogen) atoms. The third-order valence-electron chi connectivity index (χ3n) is 5.11. The zero-order valence-corrected chi connectivity index (χ0v) is 16.4. The lowest BCUT2D eigenvalue weighted by atomic mass is 10.1. The molecule has 5 aromatic rings. The molecule has 3 aromatic carbocycles. The number of nitrogens with zero attached hydrogens (tertiary/aromatic N) is 3. The van der Waals surface area contributed by atoms with Gasteiger partial charge in [0.1, 0.15) is 11.3 Å². The zero-order chi connectivity index (χ0) is 20.5. The van der Waals surface area contributed by atoms with Crippen molar-refractivity contribution in [1.82, 2.24) is 9.38 Å². The van der Waals surface area contributed by atoms with Crippen LogP contribution in [0.15, 0.2) is 90.1 Å². The summed E-state index contributed by atoms with van der Waals surface area (Å²) >= 11 is 0. The lowest BCUT2D eigenvalue weighted by molar-refractivity contribution is 0.373. The number of hydrogen-bond donors (Lipinski definition) is 1. The van der Waals surface area contributed by atoms with E-state index in [1.807, 2.05) is 65.3 Å². The van der Waals surface area contributed by atoms with E-state index in [2.05, 4.69) is 18.2 Å². The summed E-state index contributed by atoms with van der Waals surface area (Å²) in [5.74, 6) is 1.18. The number of aromatic hydroxyl groups is 1. The molecule has 2 aromatic heterocycles. The van der Waals surface area contributed by atoms with Crippen molar-refractivity contribution in [2.75, 3.05) is 7.11 Å². The molecule has 0 bridgehead atoms. The highest BCUT2D eigenvalue weighted by Gasteiger charge is 2.15. The molecule has 146 valence electrons. The molecule has 0 aliphatic rings. The van der Waals surface area contributed by atoms with Gasteiger partial charge >= 0.3 is 0 Å². The highest BCUT2D eigenvalue weighted by Crippen LogP contribution is 2.36. The first kappa shape index (κ1) is 17.9. The predicted molar refractivity (Wildman–Crippen MR) is 120 cm³/mol. The Morgan fingerprint density at radius 2 is 1.80 bits per heavy atom. The van der Waals surface area contributed by atoms with Crippen LogP contribution in [0.2, 0.25) is 0 Å². The smallest absolute Gasteiger partial charge is 0.165 e. The number of imidazole rings is 1. The maximum Gasteiger partial charge on any atom is 0.165 e. The van der Waals surface area contributed by atoms with Crippen LogP contribution in [0.25, 0.3) is 27.7 Å². The fraction of sp³-hybridized carbons (Fsp3) is 0.0400. The van der Waals surface area contributed by atoms with E-state index in [1.54, 1.807) is 12.1 Å². The fourth-order valence-electron chi connectivity index (χ4n) is 3.63. The highest BCUT2D eigenvalue weighted by atomic mass is 16.5. The molecule has 0 aliphatic carbocycles. The van der Waals surface area contributed by atoms with Crippen LogP contribution in [0.1, 0.15) is 5.56 Å². The van der Waals surface area contributed by atoms with Crippen LogP contribution in [0, 0.1) is 0 Å². The van der Waals surface area contributed by atoms with Crippen molar-refractivity contribution in [2.24, 2.45) is 4.99 Å². The van der Waals surface area contributed by atoms with Crippen molar-refractivity contribution in [2.45, 2.75) is 0 Å². The number of fused-ring (bicyclic) bond motifs is 2. The number of aliphatic imine (C=N–C) groups is 1. The Hall–Kier alpha value is -4.12. The average molecular weight is 393 g/mol. The molecule has 0 saturated carbocycles. The molecule has 0 aliphatic heterocycles. The van der Waals surface area contributed by atoms with Crippen LogP contribution in [0.5, 0.6) is 11.5 Å². The quantitative estimate of drug-likeness (QED) is 0.403. The van der Waals surface area contributed by atoms with Crippen LogP contribution in [0.3, 0.4) is 0 Å². The van der Waals surface area contributed by atoms with Gasteiger partial charge in [-0.15, -0.1) is 0 Å². The van der Waals surface area contributed by atoms with Gasteiger partial charge in [0.15, 0.2) is 17.3 Å². The Labute approximate surface area is 173 Å². The Bertz CT molecular complexity index is 1400. The number of methoxy groups -OCH3 is 1. The molecule has 5 heteroatoms. The number of pyridine rings is 1. The second-order valence-corrected chi connectivity index (χ2v) is 6.93. The van der Waals surface area contributed by atoms with E-state index >= 15 is 0 Å². The molecular weight excluding hydrogens is 374 g/mol. The molecule has 0 radical (unpaired) electrons. The number of ether oxygens (including phenoxy) is 1. The van der Waals surface area contributed by atoms with Crippen molar-refractivity contribution in [3.63, 3.8) is 0 Å². The van der Waals surface area contributed by atoms with Gasteiger partial charge in [-0.05, 0) is 41.1 Å². The maximum atomic E-state index is 10.2. The normalized spacial score (nSPS) is 11.5. The van der Waals surface area contributed by atoms with Gasteiger partial charge in [-0.25, -0.2) is 9.98 Å². The van der Waals surface area contributed by atoms with Crippen LogP contribution in [-0.4, -0.2) is 27.8 Å². The summed E-state index contributed by atoms with van der Waals surface area (Å²) in [6, 6.07) is 25.5. The molecule has 0 spiro atoms. The lowest BCUT2D eigenvalue weighted by Gasteiger charge is -2.06. The number of aromatic nitrogens is 2. The van der Waals surface area contributed by atoms with Crippen LogP contribution in [-0.2, 0) is 0 Å². The SMILES string of the molecule is COc1ccc(-c2nc3ccccn3c2N=Cc2cccc3ccccc23)cc1O. The van der Waals surface area contributed by atoms with Crippen molar-refractivity contribution < 1.29 is 9.84 Å². The third kappa shape index (κ3) is 3.06. The van der Waals surface area contributed by atoms with Gasteiger partial charge in [-0.1, -0.05) is 48.5 Å². The van der Waals surface area contributed by atoms with Crippen molar-refractivity contribution in [3.05, 3.63) is 90.6 Å². The van der Waals surface area contributed by atoms with Gasteiger partial charge in [0.2, 0.25) is 0 Å².